The van der Waals surface area contributed by atoms with Crippen molar-refractivity contribution >= 4 is 28.3 Å². The molecule has 0 fully saturated rings. The number of benzene rings is 3. The summed E-state index contributed by atoms with van der Waals surface area (Å²) in [4.78, 5) is 29.6. The zero-order chi connectivity index (χ0) is 28.0. The van der Waals surface area contributed by atoms with Gasteiger partial charge < -0.3 is 16.4 Å². The maximum Gasteiger partial charge on any atom is 0.251 e. The summed E-state index contributed by atoms with van der Waals surface area (Å²) >= 11 is 1.27. The molecule has 1 aromatic heterocycles. The van der Waals surface area contributed by atoms with E-state index < -0.39 is 5.91 Å². The molecule has 0 unspecified atom stereocenters. The summed E-state index contributed by atoms with van der Waals surface area (Å²) in [5.74, 6) is -0.745. The van der Waals surface area contributed by atoms with Crippen LogP contribution in [0.15, 0.2) is 72.1 Å². The molecule has 0 bridgehead atoms. The van der Waals surface area contributed by atoms with E-state index in [9.17, 15) is 20.1 Å². The molecule has 3 aromatic carbocycles. The smallest absolute Gasteiger partial charge is 0.251 e. The molecule has 0 aliphatic carbocycles. The van der Waals surface area contributed by atoms with Crippen LogP contribution in [0.5, 0.6) is 0 Å². The highest BCUT2D eigenvalue weighted by Crippen LogP contribution is 2.30. The average Bonchev–Trinajstić information content (AvgIpc) is 3.44. The first-order valence-corrected chi connectivity index (χ1v) is 13.0. The molecule has 0 atom stereocenters. The Morgan fingerprint density at radius 1 is 0.949 bits per heavy atom. The Bertz CT molecular complexity index is 1590. The van der Waals surface area contributed by atoms with E-state index in [0.717, 1.165) is 22.3 Å². The first-order chi connectivity index (χ1) is 18.7. The van der Waals surface area contributed by atoms with Crippen LogP contribution in [0.4, 0.5) is 5.13 Å². The van der Waals surface area contributed by atoms with Crippen molar-refractivity contribution in [2.45, 2.75) is 19.3 Å². The van der Waals surface area contributed by atoms with Crippen LogP contribution >= 0.6 is 11.3 Å². The summed E-state index contributed by atoms with van der Waals surface area (Å²) in [7, 11) is 0. The molecule has 0 spiro atoms. The highest BCUT2D eigenvalue weighted by atomic mass is 32.1. The Balaban J connectivity index is 1.41. The molecule has 194 valence electrons. The van der Waals surface area contributed by atoms with Gasteiger partial charge in [0.25, 0.3) is 5.91 Å². The van der Waals surface area contributed by atoms with Crippen molar-refractivity contribution in [1.82, 2.24) is 10.3 Å². The van der Waals surface area contributed by atoms with Gasteiger partial charge >= 0.3 is 0 Å². The van der Waals surface area contributed by atoms with Crippen molar-refractivity contribution in [3.8, 4) is 34.5 Å². The molecular weight excluding hydrogens is 508 g/mol. The maximum atomic E-state index is 12.6. The number of hydrogen-bond acceptors (Lipinski definition) is 7. The van der Waals surface area contributed by atoms with E-state index in [-0.39, 0.29) is 17.9 Å². The van der Waals surface area contributed by atoms with E-state index in [4.69, 9.17) is 5.73 Å². The zero-order valence-corrected chi connectivity index (χ0v) is 22.3. The van der Waals surface area contributed by atoms with Gasteiger partial charge in [0, 0.05) is 28.5 Å². The van der Waals surface area contributed by atoms with Gasteiger partial charge in [-0.2, -0.15) is 10.5 Å². The van der Waals surface area contributed by atoms with Crippen molar-refractivity contribution in [2.75, 3.05) is 18.4 Å². The Kier molecular flexibility index (Phi) is 8.16. The van der Waals surface area contributed by atoms with E-state index in [1.807, 2.05) is 49.6 Å². The first-order valence-electron chi connectivity index (χ1n) is 12.1. The number of hydrogen-bond donors (Lipinski definition) is 3. The van der Waals surface area contributed by atoms with Gasteiger partial charge in [-0.3, -0.25) is 9.59 Å². The predicted molar refractivity (Wildman–Crippen MR) is 152 cm³/mol. The number of amides is 2. The summed E-state index contributed by atoms with van der Waals surface area (Å²) in [5.41, 5.74) is 10.9. The monoisotopic (exact) mass is 534 g/mol. The number of nitrogens with two attached hydrogens (primary N) is 1. The molecule has 39 heavy (non-hydrogen) atoms. The van der Waals surface area contributed by atoms with Crippen LogP contribution in [0.2, 0.25) is 0 Å². The highest BCUT2D eigenvalue weighted by Gasteiger charge is 2.20. The van der Waals surface area contributed by atoms with Gasteiger partial charge in [0.05, 0.1) is 35.5 Å². The number of carbonyl (C=O) groups excluding carboxylic acids is 2. The molecule has 8 nitrogen and oxygen atoms in total. The second-order valence-electron chi connectivity index (χ2n) is 9.54. The molecule has 0 saturated carbocycles. The lowest BCUT2D eigenvalue weighted by molar-refractivity contribution is -0.115. The summed E-state index contributed by atoms with van der Waals surface area (Å²) in [6.45, 7) is 4.25. The molecule has 0 saturated heterocycles. The minimum Gasteiger partial charge on any atom is -0.343 e. The van der Waals surface area contributed by atoms with Crippen LogP contribution < -0.4 is 16.4 Å². The standard InChI is InChI=1S/C30H26N6O2S/c1-30(2,18-33)25-8-4-7-23(13-25)28(38)34-16-27(37)36-29-35-26(17-39-29)22-6-3-5-21(12-22)24-10-19(14-31)9-20(11-24)15-32/h3-13,17H,16,18,33H2,1-2H3,(H,34,38)(H,35,36,37). The van der Waals surface area contributed by atoms with Crippen molar-refractivity contribution in [2.24, 2.45) is 5.73 Å². The summed E-state index contributed by atoms with van der Waals surface area (Å²) in [6, 6.07) is 24.0. The number of aromatic nitrogens is 1. The van der Waals surface area contributed by atoms with Crippen LogP contribution in [0, 0.1) is 22.7 Å². The maximum absolute atomic E-state index is 12.6. The fourth-order valence-electron chi connectivity index (χ4n) is 3.87. The Morgan fingerprint density at radius 3 is 2.33 bits per heavy atom. The van der Waals surface area contributed by atoms with Gasteiger partial charge in [-0.1, -0.05) is 44.2 Å². The van der Waals surface area contributed by atoms with Gasteiger partial charge in [0.15, 0.2) is 5.13 Å². The molecule has 4 N–H and O–H groups in total. The van der Waals surface area contributed by atoms with Crippen molar-refractivity contribution in [3.05, 3.63) is 94.4 Å². The number of rotatable bonds is 8. The lowest BCUT2D eigenvalue weighted by atomic mass is 9.84. The second-order valence-corrected chi connectivity index (χ2v) is 10.4. The minimum absolute atomic E-state index is 0.204. The molecule has 2 amide bonds. The van der Waals surface area contributed by atoms with Crippen LogP contribution in [0.3, 0.4) is 0 Å². The fraction of sp³-hybridized carbons (Fsp3) is 0.167. The number of carbonyl (C=O) groups is 2. The van der Waals surface area contributed by atoms with Crippen LogP contribution in [0.1, 0.15) is 40.9 Å². The predicted octanol–water partition coefficient (Wildman–Crippen LogP) is 4.83. The largest absolute Gasteiger partial charge is 0.343 e. The number of nitrogens with zero attached hydrogens (tertiary/aromatic N) is 3. The van der Waals surface area contributed by atoms with E-state index >= 15 is 0 Å². The molecule has 0 radical (unpaired) electrons. The third-order valence-corrected chi connectivity index (χ3v) is 7.02. The molecule has 1 heterocycles. The number of anilines is 1. The molecule has 9 heteroatoms. The Labute approximate surface area is 230 Å². The van der Waals surface area contributed by atoms with Gasteiger partial charge in [-0.25, -0.2) is 4.98 Å². The molecule has 0 aliphatic heterocycles. The van der Waals surface area contributed by atoms with E-state index in [0.29, 0.717) is 34.1 Å². The SMILES string of the molecule is CC(C)(CN)c1cccc(C(=O)NCC(=O)Nc2nc(-c3cccc(-c4cc(C#N)cc(C#N)c4)c3)cs2)c1. The van der Waals surface area contributed by atoms with Crippen molar-refractivity contribution < 1.29 is 9.59 Å². The quantitative estimate of drug-likeness (QED) is 0.295. The zero-order valence-electron chi connectivity index (χ0n) is 21.5. The number of nitriles is 2. The van der Waals surface area contributed by atoms with Gasteiger partial charge in [0.2, 0.25) is 5.91 Å². The van der Waals surface area contributed by atoms with Crippen LogP contribution in [0.25, 0.3) is 22.4 Å². The van der Waals surface area contributed by atoms with Crippen molar-refractivity contribution in [1.29, 1.82) is 10.5 Å². The summed E-state index contributed by atoms with van der Waals surface area (Å²) in [5, 5.41) is 26.2. The molecule has 4 rings (SSSR count). The summed E-state index contributed by atoms with van der Waals surface area (Å²) < 4.78 is 0. The van der Waals surface area contributed by atoms with Crippen LogP contribution in [-0.2, 0) is 10.2 Å². The Hall–Kier alpha value is -4.83. The third kappa shape index (κ3) is 6.55. The number of thiazole rings is 1. The van der Waals surface area contributed by atoms with Crippen LogP contribution in [-0.4, -0.2) is 29.9 Å². The van der Waals surface area contributed by atoms with E-state index in [1.54, 1.807) is 36.4 Å². The van der Waals surface area contributed by atoms with Gasteiger partial charge in [0.1, 0.15) is 0 Å². The molecule has 0 aliphatic rings. The summed E-state index contributed by atoms with van der Waals surface area (Å²) in [6.07, 6.45) is 0. The fourth-order valence-corrected chi connectivity index (χ4v) is 4.61. The lowest BCUT2D eigenvalue weighted by Gasteiger charge is -2.23. The highest BCUT2D eigenvalue weighted by molar-refractivity contribution is 7.14. The lowest BCUT2D eigenvalue weighted by Crippen LogP contribution is -2.33. The van der Waals surface area contributed by atoms with E-state index in [1.165, 1.54) is 11.3 Å². The topological polar surface area (TPSA) is 145 Å². The average molecular weight is 535 g/mol. The third-order valence-electron chi connectivity index (χ3n) is 6.26. The minimum atomic E-state index is -0.395. The Morgan fingerprint density at radius 2 is 1.64 bits per heavy atom. The second kappa shape index (κ2) is 11.7. The van der Waals surface area contributed by atoms with Gasteiger partial charge in [-0.05, 0) is 53.1 Å². The normalized spacial score (nSPS) is 10.8. The molecule has 4 aromatic rings. The van der Waals surface area contributed by atoms with E-state index in [2.05, 4.69) is 27.8 Å². The number of nitrogens with one attached hydrogen (secondary N) is 2. The molecular formula is C30H26N6O2S. The first kappa shape index (κ1) is 27.2. The van der Waals surface area contributed by atoms with Gasteiger partial charge in [-0.15, -0.1) is 11.3 Å². The van der Waals surface area contributed by atoms with Crippen molar-refractivity contribution in [3.63, 3.8) is 0 Å².